The summed E-state index contributed by atoms with van der Waals surface area (Å²) in [5.41, 5.74) is 0. The van der Waals surface area contributed by atoms with Crippen LogP contribution in [0.25, 0.3) is 0 Å². The largest absolute Gasteiger partial charge is 0.480 e. The van der Waals surface area contributed by atoms with E-state index in [0.29, 0.717) is 0 Å². The minimum absolute atomic E-state index is 0.228. The predicted octanol–water partition coefficient (Wildman–Crippen LogP) is 0.274. The maximum Gasteiger partial charge on any atom is 0.326 e. The Morgan fingerprint density at radius 1 is 1.56 bits per heavy atom. The standard InChI is InChI=1S/C11H18N2O3/c1-2-5-9(11(15)16)13-10(14)8-6-3-4-7-12-8/h2,8-9,12H,1,3-7H2,(H,13,14)(H,15,16). The molecule has 1 aliphatic heterocycles. The molecule has 0 radical (unpaired) electrons. The Hall–Kier alpha value is -1.36. The summed E-state index contributed by atoms with van der Waals surface area (Å²) in [6, 6.07) is -1.12. The number of carbonyl (C=O) groups is 2. The van der Waals surface area contributed by atoms with Crippen LogP contribution in [0.1, 0.15) is 25.7 Å². The van der Waals surface area contributed by atoms with Gasteiger partial charge in [0, 0.05) is 0 Å². The molecule has 1 rings (SSSR count). The van der Waals surface area contributed by atoms with Crippen LogP contribution in [0, 0.1) is 0 Å². The zero-order valence-electron chi connectivity index (χ0n) is 9.24. The average Bonchev–Trinajstić information content (AvgIpc) is 2.29. The Balaban J connectivity index is 2.46. The molecule has 5 nitrogen and oxygen atoms in total. The highest BCUT2D eigenvalue weighted by molar-refractivity contribution is 5.87. The van der Waals surface area contributed by atoms with Crippen LogP contribution in [0.5, 0.6) is 0 Å². The van der Waals surface area contributed by atoms with E-state index in [2.05, 4.69) is 17.2 Å². The Kier molecular flexibility index (Phi) is 4.98. The van der Waals surface area contributed by atoms with E-state index in [1.165, 1.54) is 6.08 Å². The van der Waals surface area contributed by atoms with Crippen LogP contribution in [0.4, 0.5) is 0 Å². The smallest absolute Gasteiger partial charge is 0.326 e. The number of amides is 1. The van der Waals surface area contributed by atoms with Crippen molar-refractivity contribution in [3.05, 3.63) is 12.7 Å². The SMILES string of the molecule is C=CCC(NC(=O)C1CCCCN1)C(=O)O. The molecule has 0 spiro atoms. The summed E-state index contributed by atoms with van der Waals surface area (Å²) in [7, 11) is 0. The third kappa shape index (κ3) is 3.66. The molecule has 90 valence electrons. The van der Waals surface area contributed by atoms with Crippen LogP contribution in [-0.2, 0) is 9.59 Å². The lowest BCUT2D eigenvalue weighted by Crippen LogP contribution is -2.51. The molecule has 0 aromatic heterocycles. The van der Waals surface area contributed by atoms with E-state index >= 15 is 0 Å². The number of piperidine rings is 1. The maximum absolute atomic E-state index is 11.7. The van der Waals surface area contributed by atoms with Gasteiger partial charge in [-0.25, -0.2) is 4.79 Å². The molecule has 2 unspecified atom stereocenters. The number of hydrogen-bond acceptors (Lipinski definition) is 3. The topological polar surface area (TPSA) is 78.4 Å². The van der Waals surface area contributed by atoms with Crippen molar-refractivity contribution in [2.75, 3.05) is 6.54 Å². The van der Waals surface area contributed by atoms with Gasteiger partial charge in [0.1, 0.15) is 6.04 Å². The second kappa shape index (κ2) is 6.27. The fourth-order valence-corrected chi connectivity index (χ4v) is 1.74. The molecular formula is C11H18N2O3. The van der Waals surface area contributed by atoms with Gasteiger partial charge in [0.25, 0.3) is 0 Å². The maximum atomic E-state index is 11.7. The van der Waals surface area contributed by atoms with Crippen LogP contribution < -0.4 is 10.6 Å². The minimum atomic E-state index is -1.02. The second-order valence-corrected chi connectivity index (χ2v) is 3.93. The highest BCUT2D eigenvalue weighted by Crippen LogP contribution is 2.07. The first-order valence-corrected chi connectivity index (χ1v) is 5.52. The van der Waals surface area contributed by atoms with E-state index < -0.39 is 12.0 Å². The molecule has 0 aromatic carbocycles. The van der Waals surface area contributed by atoms with Crippen molar-refractivity contribution < 1.29 is 14.7 Å². The van der Waals surface area contributed by atoms with E-state index in [0.717, 1.165) is 25.8 Å². The van der Waals surface area contributed by atoms with Crippen LogP contribution in [-0.4, -0.2) is 35.6 Å². The number of carboxylic acid groups (broad SMARTS) is 1. The number of nitrogens with one attached hydrogen (secondary N) is 2. The molecular weight excluding hydrogens is 208 g/mol. The third-order valence-electron chi connectivity index (χ3n) is 2.64. The third-order valence-corrected chi connectivity index (χ3v) is 2.64. The molecule has 5 heteroatoms. The first-order valence-electron chi connectivity index (χ1n) is 5.52. The average molecular weight is 226 g/mol. The normalized spacial score (nSPS) is 22.1. The molecule has 0 saturated carbocycles. The summed E-state index contributed by atoms with van der Waals surface area (Å²) in [6.45, 7) is 4.29. The highest BCUT2D eigenvalue weighted by Gasteiger charge is 2.25. The monoisotopic (exact) mass is 226 g/mol. The molecule has 1 fully saturated rings. The van der Waals surface area contributed by atoms with Crippen molar-refractivity contribution in [1.29, 1.82) is 0 Å². The van der Waals surface area contributed by atoms with Crippen molar-refractivity contribution in [3.8, 4) is 0 Å². The molecule has 16 heavy (non-hydrogen) atoms. The van der Waals surface area contributed by atoms with Crippen LogP contribution in [0.3, 0.4) is 0 Å². The van der Waals surface area contributed by atoms with Gasteiger partial charge >= 0.3 is 5.97 Å². The van der Waals surface area contributed by atoms with Gasteiger partial charge in [0.05, 0.1) is 6.04 Å². The van der Waals surface area contributed by atoms with Gasteiger partial charge < -0.3 is 15.7 Å². The molecule has 0 aromatic rings. The molecule has 0 bridgehead atoms. The number of carboxylic acids is 1. The van der Waals surface area contributed by atoms with E-state index in [1.807, 2.05) is 0 Å². The van der Waals surface area contributed by atoms with Crippen molar-refractivity contribution in [2.45, 2.75) is 37.8 Å². The van der Waals surface area contributed by atoms with Gasteiger partial charge in [-0.2, -0.15) is 0 Å². The van der Waals surface area contributed by atoms with Crippen LogP contribution in [0.15, 0.2) is 12.7 Å². The summed E-state index contributed by atoms with van der Waals surface area (Å²) in [5.74, 6) is -1.25. The Bertz CT molecular complexity index is 272. The molecule has 1 aliphatic rings. The summed E-state index contributed by atoms with van der Waals surface area (Å²) < 4.78 is 0. The summed E-state index contributed by atoms with van der Waals surface area (Å²) in [6.07, 6.45) is 4.58. The molecule has 0 aliphatic carbocycles. The minimum Gasteiger partial charge on any atom is -0.480 e. The van der Waals surface area contributed by atoms with Crippen LogP contribution in [0.2, 0.25) is 0 Å². The van der Waals surface area contributed by atoms with Gasteiger partial charge in [-0.05, 0) is 25.8 Å². The number of hydrogen-bond donors (Lipinski definition) is 3. The highest BCUT2D eigenvalue weighted by atomic mass is 16.4. The predicted molar refractivity (Wildman–Crippen MR) is 60.0 cm³/mol. The Labute approximate surface area is 94.9 Å². The lowest BCUT2D eigenvalue weighted by atomic mass is 10.0. The fraction of sp³-hybridized carbons (Fsp3) is 0.636. The van der Waals surface area contributed by atoms with Crippen molar-refractivity contribution >= 4 is 11.9 Å². The zero-order valence-corrected chi connectivity index (χ0v) is 9.24. The summed E-state index contributed by atoms with van der Waals surface area (Å²) in [5, 5.41) is 14.5. The zero-order chi connectivity index (χ0) is 12.0. The second-order valence-electron chi connectivity index (χ2n) is 3.93. The first-order chi connectivity index (χ1) is 7.65. The van der Waals surface area contributed by atoms with Crippen molar-refractivity contribution in [3.63, 3.8) is 0 Å². The van der Waals surface area contributed by atoms with Gasteiger partial charge in [0.2, 0.25) is 5.91 Å². The molecule has 3 N–H and O–H groups in total. The molecule has 2 atom stereocenters. The number of rotatable bonds is 5. The number of aliphatic carboxylic acids is 1. The molecule has 1 saturated heterocycles. The van der Waals surface area contributed by atoms with Gasteiger partial charge in [-0.3, -0.25) is 4.79 Å². The summed E-state index contributed by atoms with van der Waals surface area (Å²) in [4.78, 5) is 22.5. The van der Waals surface area contributed by atoms with Crippen molar-refractivity contribution in [1.82, 2.24) is 10.6 Å². The summed E-state index contributed by atoms with van der Waals surface area (Å²) >= 11 is 0. The van der Waals surface area contributed by atoms with E-state index in [9.17, 15) is 9.59 Å². The van der Waals surface area contributed by atoms with Gasteiger partial charge in [0.15, 0.2) is 0 Å². The van der Waals surface area contributed by atoms with E-state index in [4.69, 9.17) is 5.11 Å². The molecule has 1 amide bonds. The van der Waals surface area contributed by atoms with Gasteiger partial charge in [-0.15, -0.1) is 6.58 Å². The van der Waals surface area contributed by atoms with E-state index in [-0.39, 0.29) is 18.4 Å². The van der Waals surface area contributed by atoms with Gasteiger partial charge in [-0.1, -0.05) is 12.5 Å². The number of carbonyl (C=O) groups excluding carboxylic acids is 1. The Morgan fingerprint density at radius 2 is 2.31 bits per heavy atom. The first kappa shape index (κ1) is 12.7. The van der Waals surface area contributed by atoms with Crippen molar-refractivity contribution in [2.24, 2.45) is 0 Å². The fourth-order valence-electron chi connectivity index (χ4n) is 1.74. The molecule has 1 heterocycles. The lowest BCUT2D eigenvalue weighted by Gasteiger charge is -2.24. The lowest BCUT2D eigenvalue weighted by molar-refractivity contribution is -0.142. The Morgan fingerprint density at radius 3 is 2.81 bits per heavy atom. The van der Waals surface area contributed by atoms with Crippen LogP contribution >= 0.6 is 0 Å². The van der Waals surface area contributed by atoms with E-state index in [1.54, 1.807) is 0 Å². The quantitative estimate of drug-likeness (QED) is 0.588.